The third kappa shape index (κ3) is 4.35. The molecule has 2 N–H and O–H groups in total. The number of nitrogens with two attached hydrogens (primary N) is 1. The molecule has 7 heteroatoms. The summed E-state index contributed by atoms with van der Waals surface area (Å²) in [6, 6.07) is 6.78. The molecule has 0 saturated carbocycles. The van der Waals surface area contributed by atoms with E-state index in [2.05, 4.69) is 10.3 Å². The minimum atomic E-state index is -0.352. The molecule has 0 amide bonds. The van der Waals surface area contributed by atoms with Crippen LogP contribution in [-0.4, -0.2) is 26.5 Å². The molecule has 0 bridgehead atoms. The van der Waals surface area contributed by atoms with Gasteiger partial charge in [-0.15, -0.1) is 5.10 Å². The summed E-state index contributed by atoms with van der Waals surface area (Å²) in [5, 5.41) is 19.1. The molecule has 0 fully saturated rings. The highest BCUT2D eigenvalue weighted by atomic mass is 16.6. The molecular weight excluding hydrogens is 270 g/mol. The lowest BCUT2D eigenvalue weighted by Crippen LogP contribution is -2.04. The lowest BCUT2D eigenvalue weighted by molar-refractivity contribution is -0.385. The average Bonchev–Trinajstić information content (AvgIpc) is 2.93. The highest BCUT2D eigenvalue weighted by molar-refractivity contribution is 5.39. The van der Waals surface area contributed by atoms with Crippen LogP contribution in [0.2, 0.25) is 0 Å². The molecule has 21 heavy (non-hydrogen) atoms. The second-order valence-corrected chi connectivity index (χ2v) is 4.85. The van der Waals surface area contributed by atoms with Gasteiger partial charge in [-0.1, -0.05) is 23.4 Å². The summed E-state index contributed by atoms with van der Waals surface area (Å²) in [5.74, 6) is 0. The van der Waals surface area contributed by atoms with Gasteiger partial charge in [-0.25, -0.2) is 0 Å². The molecule has 2 aromatic rings. The summed E-state index contributed by atoms with van der Waals surface area (Å²) in [6.45, 7) is 1.26. The van der Waals surface area contributed by atoms with E-state index in [-0.39, 0.29) is 10.6 Å². The first kappa shape index (κ1) is 15.1. The van der Waals surface area contributed by atoms with Crippen molar-refractivity contribution < 1.29 is 4.92 Å². The summed E-state index contributed by atoms with van der Waals surface area (Å²) in [4.78, 5) is 10.6. The summed E-state index contributed by atoms with van der Waals surface area (Å²) in [5.41, 5.74) is 7.25. The Morgan fingerprint density at radius 1 is 1.24 bits per heavy atom. The third-order valence-electron chi connectivity index (χ3n) is 3.27. The monoisotopic (exact) mass is 289 g/mol. The number of aromatic nitrogens is 3. The fraction of sp³-hybridized carbons (Fsp3) is 0.429. The van der Waals surface area contributed by atoms with Gasteiger partial charge in [0.25, 0.3) is 5.69 Å². The van der Waals surface area contributed by atoms with Crippen LogP contribution in [0.4, 0.5) is 5.69 Å². The largest absolute Gasteiger partial charge is 0.330 e. The minimum absolute atomic E-state index is 0.154. The van der Waals surface area contributed by atoms with E-state index in [0.29, 0.717) is 25.1 Å². The lowest BCUT2D eigenvalue weighted by Gasteiger charge is -2.02. The van der Waals surface area contributed by atoms with Crippen molar-refractivity contribution in [1.29, 1.82) is 0 Å². The van der Waals surface area contributed by atoms with Gasteiger partial charge in [-0.05, 0) is 32.2 Å². The maximum Gasteiger partial charge on any atom is 0.272 e. The first-order valence-corrected chi connectivity index (χ1v) is 7.02. The Bertz CT molecular complexity index is 597. The highest BCUT2D eigenvalue weighted by Gasteiger charge is 2.12. The van der Waals surface area contributed by atoms with E-state index in [0.717, 1.165) is 25.0 Å². The maximum absolute atomic E-state index is 10.9. The molecule has 1 aromatic carbocycles. The first-order valence-electron chi connectivity index (χ1n) is 7.02. The minimum Gasteiger partial charge on any atom is -0.330 e. The van der Waals surface area contributed by atoms with Crippen LogP contribution in [0, 0.1) is 10.1 Å². The number of benzene rings is 1. The molecule has 0 atom stereocenters. The molecule has 2 rings (SSSR count). The average molecular weight is 289 g/mol. The van der Waals surface area contributed by atoms with E-state index in [1.165, 1.54) is 6.07 Å². The van der Waals surface area contributed by atoms with Gasteiger partial charge in [0.2, 0.25) is 0 Å². The van der Waals surface area contributed by atoms with Gasteiger partial charge in [0.05, 0.1) is 10.6 Å². The molecule has 0 aliphatic carbocycles. The van der Waals surface area contributed by atoms with Gasteiger partial charge in [0.1, 0.15) is 0 Å². The number of unbranched alkanes of at least 4 members (excludes halogenated alkanes) is 1. The summed E-state index contributed by atoms with van der Waals surface area (Å²) < 4.78 is 1.73. The third-order valence-corrected chi connectivity index (χ3v) is 3.27. The van der Waals surface area contributed by atoms with E-state index in [1.807, 2.05) is 12.3 Å². The van der Waals surface area contributed by atoms with Gasteiger partial charge in [-0.2, -0.15) is 0 Å². The Hall–Kier alpha value is -2.28. The Morgan fingerprint density at radius 2 is 2.05 bits per heavy atom. The Balaban J connectivity index is 1.93. The van der Waals surface area contributed by atoms with Crippen LogP contribution in [0.3, 0.4) is 0 Å². The molecule has 0 aliphatic heterocycles. The van der Waals surface area contributed by atoms with Crippen LogP contribution in [0.1, 0.15) is 24.1 Å². The highest BCUT2D eigenvalue weighted by Crippen LogP contribution is 2.18. The zero-order valence-electron chi connectivity index (χ0n) is 11.8. The lowest BCUT2D eigenvalue weighted by atomic mass is 10.1. The molecule has 0 spiro atoms. The SMILES string of the molecule is NCCCCc1cn(CCc2ccccc2[N+](=O)[O-])nn1. The number of nitrogens with zero attached hydrogens (tertiary/aromatic N) is 4. The van der Waals surface area contributed by atoms with Crippen LogP contribution < -0.4 is 5.73 Å². The van der Waals surface area contributed by atoms with Crippen molar-refractivity contribution in [3.63, 3.8) is 0 Å². The fourth-order valence-corrected chi connectivity index (χ4v) is 2.15. The van der Waals surface area contributed by atoms with Crippen LogP contribution in [-0.2, 0) is 19.4 Å². The van der Waals surface area contributed by atoms with Gasteiger partial charge in [0.15, 0.2) is 0 Å². The van der Waals surface area contributed by atoms with E-state index in [4.69, 9.17) is 5.73 Å². The van der Waals surface area contributed by atoms with Crippen LogP contribution in [0.5, 0.6) is 0 Å². The number of nitro groups is 1. The number of aryl methyl sites for hydroxylation is 3. The number of rotatable bonds is 8. The van der Waals surface area contributed by atoms with Crippen molar-refractivity contribution in [3.05, 3.63) is 51.8 Å². The summed E-state index contributed by atoms with van der Waals surface area (Å²) >= 11 is 0. The first-order chi connectivity index (χ1) is 10.2. The predicted octanol–water partition coefficient (Wildman–Crippen LogP) is 1.71. The standard InChI is InChI=1S/C14H19N5O2/c15-9-4-3-6-13-11-18(17-16-13)10-8-12-5-1-2-7-14(12)19(20)21/h1-2,5,7,11H,3-4,6,8-10,15H2. The van der Waals surface area contributed by atoms with Gasteiger partial charge in [-0.3, -0.25) is 14.8 Å². The van der Waals surface area contributed by atoms with E-state index >= 15 is 0 Å². The van der Waals surface area contributed by atoms with Crippen LogP contribution in [0.15, 0.2) is 30.5 Å². The van der Waals surface area contributed by atoms with Gasteiger partial charge < -0.3 is 5.73 Å². The summed E-state index contributed by atoms with van der Waals surface area (Å²) in [7, 11) is 0. The number of para-hydroxylation sites is 1. The second-order valence-electron chi connectivity index (χ2n) is 4.85. The topological polar surface area (TPSA) is 99.9 Å². The maximum atomic E-state index is 10.9. The molecule has 0 aliphatic rings. The Labute approximate surface area is 122 Å². The summed E-state index contributed by atoms with van der Waals surface area (Å²) in [6.07, 6.45) is 5.29. The van der Waals surface area contributed by atoms with Crippen LogP contribution >= 0.6 is 0 Å². The zero-order valence-corrected chi connectivity index (χ0v) is 11.8. The van der Waals surface area contributed by atoms with Crippen molar-refractivity contribution >= 4 is 5.69 Å². The Morgan fingerprint density at radius 3 is 2.81 bits per heavy atom. The normalized spacial score (nSPS) is 10.7. The van der Waals surface area contributed by atoms with Crippen molar-refractivity contribution in [2.24, 2.45) is 5.73 Å². The van der Waals surface area contributed by atoms with E-state index < -0.39 is 0 Å². The Kier molecular flexibility index (Phi) is 5.39. The van der Waals surface area contributed by atoms with Crippen molar-refractivity contribution in [1.82, 2.24) is 15.0 Å². The second kappa shape index (κ2) is 7.49. The smallest absolute Gasteiger partial charge is 0.272 e. The number of hydrogen-bond acceptors (Lipinski definition) is 5. The van der Waals surface area contributed by atoms with E-state index in [1.54, 1.807) is 16.8 Å². The number of hydrogen-bond donors (Lipinski definition) is 1. The zero-order chi connectivity index (χ0) is 15.1. The molecule has 7 nitrogen and oxygen atoms in total. The van der Waals surface area contributed by atoms with Crippen molar-refractivity contribution in [2.45, 2.75) is 32.2 Å². The van der Waals surface area contributed by atoms with E-state index in [9.17, 15) is 10.1 Å². The molecule has 0 saturated heterocycles. The van der Waals surface area contributed by atoms with Gasteiger partial charge in [0, 0.05) is 24.4 Å². The van der Waals surface area contributed by atoms with Crippen LogP contribution in [0.25, 0.3) is 0 Å². The predicted molar refractivity (Wildman–Crippen MR) is 78.8 cm³/mol. The quantitative estimate of drug-likeness (QED) is 0.453. The molecular formula is C14H19N5O2. The number of nitro benzene ring substituents is 1. The fourth-order valence-electron chi connectivity index (χ4n) is 2.15. The van der Waals surface area contributed by atoms with Gasteiger partial charge >= 0.3 is 0 Å². The van der Waals surface area contributed by atoms with Crippen molar-refractivity contribution in [3.8, 4) is 0 Å². The molecule has 112 valence electrons. The molecule has 1 heterocycles. The molecule has 1 aromatic heterocycles. The van der Waals surface area contributed by atoms with Crippen molar-refractivity contribution in [2.75, 3.05) is 6.54 Å². The molecule has 0 radical (unpaired) electrons. The molecule has 0 unspecified atom stereocenters.